The Bertz CT molecular complexity index is 750. The van der Waals surface area contributed by atoms with E-state index in [-0.39, 0.29) is 0 Å². The van der Waals surface area contributed by atoms with Crippen molar-refractivity contribution in [2.45, 2.75) is 4.90 Å². The highest BCUT2D eigenvalue weighted by Gasteiger charge is 2.28. The van der Waals surface area contributed by atoms with Crippen LogP contribution in [-0.2, 0) is 9.84 Å². The topological polar surface area (TPSA) is 94.3 Å². The standard InChI is InChI=1S/C12H9NO5S2/c14-10(11-5-3-7-19-11)8-20(17,18)12-6-2-1-4-9(12)13(15)16/h1-7H,8H2. The molecule has 0 saturated carbocycles. The number of ketones is 1. The largest absolute Gasteiger partial charge is 0.292 e. The van der Waals surface area contributed by atoms with Crippen molar-refractivity contribution in [2.75, 3.05) is 5.75 Å². The first-order valence-electron chi connectivity index (χ1n) is 5.45. The van der Waals surface area contributed by atoms with E-state index in [4.69, 9.17) is 0 Å². The molecule has 2 rings (SSSR count). The second kappa shape index (κ2) is 5.51. The van der Waals surface area contributed by atoms with Gasteiger partial charge in [-0.3, -0.25) is 14.9 Å². The van der Waals surface area contributed by atoms with Crippen LogP contribution in [0.5, 0.6) is 0 Å². The van der Waals surface area contributed by atoms with Crippen LogP contribution in [-0.4, -0.2) is 24.9 Å². The summed E-state index contributed by atoms with van der Waals surface area (Å²) in [7, 11) is -4.05. The third-order valence-corrected chi connectivity index (χ3v) is 5.08. The molecule has 0 radical (unpaired) electrons. The molecule has 0 aliphatic rings. The number of nitro groups is 1. The summed E-state index contributed by atoms with van der Waals surface area (Å²) in [6.45, 7) is 0. The molecule has 0 N–H and O–H groups in total. The molecule has 0 aliphatic heterocycles. The summed E-state index contributed by atoms with van der Waals surface area (Å²) < 4.78 is 24.3. The molecule has 104 valence electrons. The van der Waals surface area contributed by atoms with Gasteiger partial charge in [-0.05, 0) is 17.5 Å². The number of rotatable bonds is 5. The summed E-state index contributed by atoms with van der Waals surface area (Å²) in [4.78, 5) is 21.8. The number of para-hydroxylation sites is 1. The van der Waals surface area contributed by atoms with Gasteiger partial charge in [-0.1, -0.05) is 18.2 Å². The molecular formula is C12H9NO5S2. The molecule has 8 heteroatoms. The van der Waals surface area contributed by atoms with Crippen molar-refractivity contribution >= 4 is 32.6 Å². The van der Waals surface area contributed by atoms with Crippen LogP contribution in [0.25, 0.3) is 0 Å². The van der Waals surface area contributed by atoms with Crippen LogP contribution in [0.1, 0.15) is 9.67 Å². The lowest BCUT2D eigenvalue weighted by molar-refractivity contribution is -0.387. The van der Waals surface area contributed by atoms with Crippen LogP contribution in [0.3, 0.4) is 0 Å². The Labute approximate surface area is 118 Å². The maximum atomic E-state index is 12.1. The maximum absolute atomic E-state index is 12.1. The number of carbonyl (C=O) groups excluding carboxylic acids is 1. The van der Waals surface area contributed by atoms with E-state index >= 15 is 0 Å². The summed E-state index contributed by atoms with van der Waals surface area (Å²) in [6.07, 6.45) is 0. The van der Waals surface area contributed by atoms with Gasteiger partial charge in [0.2, 0.25) is 0 Å². The number of nitro benzene ring substituents is 1. The zero-order chi connectivity index (χ0) is 14.8. The third kappa shape index (κ3) is 2.91. The fourth-order valence-electron chi connectivity index (χ4n) is 1.63. The quantitative estimate of drug-likeness (QED) is 0.480. The van der Waals surface area contributed by atoms with E-state index in [1.54, 1.807) is 11.4 Å². The van der Waals surface area contributed by atoms with E-state index in [9.17, 15) is 23.3 Å². The molecule has 0 fully saturated rings. The zero-order valence-corrected chi connectivity index (χ0v) is 11.7. The van der Waals surface area contributed by atoms with Crippen LogP contribution in [0, 0.1) is 10.1 Å². The minimum atomic E-state index is -4.05. The Kier molecular flexibility index (Phi) is 3.96. The Hall–Kier alpha value is -2.06. The monoisotopic (exact) mass is 311 g/mol. The predicted molar refractivity (Wildman–Crippen MR) is 73.8 cm³/mol. The first-order chi connectivity index (χ1) is 9.42. The molecule has 0 spiro atoms. The highest BCUT2D eigenvalue weighted by Crippen LogP contribution is 2.25. The van der Waals surface area contributed by atoms with Crippen molar-refractivity contribution < 1.29 is 18.1 Å². The molecule has 2 aromatic rings. The summed E-state index contributed by atoms with van der Waals surface area (Å²) >= 11 is 1.13. The number of sulfone groups is 1. The molecule has 0 saturated heterocycles. The van der Waals surface area contributed by atoms with Gasteiger partial charge in [-0.15, -0.1) is 11.3 Å². The minimum Gasteiger partial charge on any atom is -0.292 e. The fraction of sp³-hybridized carbons (Fsp3) is 0.0833. The summed E-state index contributed by atoms with van der Waals surface area (Å²) in [5.41, 5.74) is -0.522. The van der Waals surface area contributed by atoms with E-state index in [0.29, 0.717) is 4.88 Å². The Morgan fingerprint density at radius 3 is 2.50 bits per heavy atom. The molecule has 0 bridgehead atoms. The number of hydrogen-bond donors (Lipinski definition) is 0. The Morgan fingerprint density at radius 1 is 1.20 bits per heavy atom. The van der Waals surface area contributed by atoms with Gasteiger partial charge < -0.3 is 0 Å². The van der Waals surface area contributed by atoms with E-state index in [0.717, 1.165) is 23.5 Å². The number of benzene rings is 1. The smallest absolute Gasteiger partial charge is 0.287 e. The lowest BCUT2D eigenvalue weighted by Gasteiger charge is -2.03. The van der Waals surface area contributed by atoms with Gasteiger partial charge >= 0.3 is 0 Å². The van der Waals surface area contributed by atoms with Crippen molar-refractivity contribution in [1.82, 2.24) is 0 Å². The van der Waals surface area contributed by atoms with E-state index < -0.39 is 36.9 Å². The van der Waals surface area contributed by atoms with Crippen molar-refractivity contribution in [1.29, 1.82) is 0 Å². The molecule has 0 amide bonds. The molecule has 0 aliphatic carbocycles. The van der Waals surface area contributed by atoms with E-state index in [1.807, 2.05) is 0 Å². The van der Waals surface area contributed by atoms with Crippen molar-refractivity contribution in [2.24, 2.45) is 0 Å². The van der Waals surface area contributed by atoms with Crippen LogP contribution in [0.15, 0.2) is 46.7 Å². The number of nitrogens with zero attached hydrogens (tertiary/aromatic N) is 1. The summed E-state index contributed by atoms with van der Waals surface area (Å²) in [5.74, 6) is -1.35. The first kappa shape index (κ1) is 14.4. The van der Waals surface area contributed by atoms with Gasteiger partial charge in [0.25, 0.3) is 5.69 Å². The van der Waals surface area contributed by atoms with Crippen molar-refractivity contribution in [3.05, 3.63) is 56.8 Å². The van der Waals surface area contributed by atoms with Gasteiger partial charge in [-0.2, -0.15) is 0 Å². The lowest BCUT2D eigenvalue weighted by atomic mass is 10.3. The predicted octanol–water partition coefficient (Wildman–Crippen LogP) is 2.31. The SMILES string of the molecule is O=C(CS(=O)(=O)c1ccccc1[N+](=O)[O-])c1cccs1. The summed E-state index contributed by atoms with van der Waals surface area (Å²) in [5, 5.41) is 12.5. The third-order valence-electron chi connectivity index (χ3n) is 2.51. The summed E-state index contributed by atoms with van der Waals surface area (Å²) in [6, 6.07) is 8.14. The van der Waals surface area contributed by atoms with Gasteiger partial charge in [0.15, 0.2) is 15.6 Å². The molecule has 1 aromatic carbocycles. The fourth-order valence-corrected chi connectivity index (χ4v) is 3.79. The van der Waals surface area contributed by atoms with Crippen LogP contribution >= 0.6 is 11.3 Å². The molecular weight excluding hydrogens is 302 g/mol. The normalized spacial score (nSPS) is 11.2. The average Bonchev–Trinajstić information content (AvgIpc) is 2.92. The second-order valence-corrected chi connectivity index (χ2v) is 6.79. The number of Topliss-reactive ketones (excluding diaryl/α,β-unsaturated/α-hetero) is 1. The molecule has 1 heterocycles. The van der Waals surface area contributed by atoms with Crippen LogP contribution < -0.4 is 0 Å². The number of carbonyl (C=O) groups is 1. The van der Waals surface area contributed by atoms with Crippen molar-refractivity contribution in [3.8, 4) is 0 Å². The van der Waals surface area contributed by atoms with Gasteiger partial charge in [-0.25, -0.2) is 8.42 Å². The van der Waals surface area contributed by atoms with Crippen molar-refractivity contribution in [3.63, 3.8) is 0 Å². The Balaban J connectivity index is 2.37. The number of hydrogen-bond acceptors (Lipinski definition) is 6. The van der Waals surface area contributed by atoms with E-state index in [2.05, 4.69) is 0 Å². The molecule has 0 atom stereocenters. The van der Waals surface area contributed by atoms with Gasteiger partial charge in [0.05, 0.1) is 9.80 Å². The lowest BCUT2D eigenvalue weighted by Crippen LogP contribution is -2.16. The van der Waals surface area contributed by atoms with Crippen LogP contribution in [0.2, 0.25) is 0 Å². The zero-order valence-electron chi connectivity index (χ0n) is 10.1. The van der Waals surface area contributed by atoms with Crippen LogP contribution in [0.4, 0.5) is 5.69 Å². The van der Waals surface area contributed by atoms with E-state index in [1.165, 1.54) is 18.2 Å². The number of thiophene rings is 1. The van der Waals surface area contributed by atoms with Gasteiger partial charge in [0, 0.05) is 6.07 Å². The first-order valence-corrected chi connectivity index (χ1v) is 7.98. The average molecular weight is 311 g/mol. The maximum Gasteiger partial charge on any atom is 0.287 e. The minimum absolute atomic E-state index is 0.312. The highest BCUT2D eigenvalue weighted by molar-refractivity contribution is 7.92. The second-order valence-electron chi connectivity index (χ2n) is 3.88. The highest BCUT2D eigenvalue weighted by atomic mass is 32.2. The Morgan fingerprint density at radius 2 is 1.90 bits per heavy atom. The molecule has 1 aromatic heterocycles. The molecule has 6 nitrogen and oxygen atoms in total. The van der Waals surface area contributed by atoms with Gasteiger partial charge in [0.1, 0.15) is 10.6 Å². The molecule has 0 unspecified atom stereocenters. The molecule has 20 heavy (non-hydrogen) atoms.